The molecule has 0 aliphatic rings. The Hall–Kier alpha value is -1.91. The standard InChI is InChI=1S/C15H21FN2O2/c1-5-20-15(17-11(4)10(2)3)18-14(19)12-6-8-13(16)9-7-12/h6-11H,5H2,1-4H3,(H,17,18,19)/t11-/m1/s1. The highest BCUT2D eigenvalue weighted by molar-refractivity contribution is 6.04. The van der Waals surface area contributed by atoms with E-state index in [1.54, 1.807) is 0 Å². The number of aliphatic imine (C=N–C) groups is 1. The lowest BCUT2D eigenvalue weighted by Gasteiger charge is -2.14. The number of nitrogens with zero attached hydrogens (tertiary/aromatic N) is 1. The number of halogens is 1. The first kappa shape index (κ1) is 16.1. The minimum absolute atomic E-state index is 0.0325. The predicted octanol–water partition coefficient (Wildman–Crippen LogP) is 2.99. The first-order valence-electron chi connectivity index (χ1n) is 6.71. The Morgan fingerprint density at radius 3 is 2.40 bits per heavy atom. The van der Waals surface area contributed by atoms with E-state index < -0.39 is 0 Å². The molecule has 1 atom stereocenters. The number of benzene rings is 1. The molecule has 4 nitrogen and oxygen atoms in total. The molecule has 0 unspecified atom stereocenters. The summed E-state index contributed by atoms with van der Waals surface area (Å²) >= 11 is 0. The van der Waals surface area contributed by atoms with Crippen LogP contribution in [0.5, 0.6) is 0 Å². The number of carbonyl (C=O) groups is 1. The van der Waals surface area contributed by atoms with Crippen LogP contribution in [0.1, 0.15) is 38.1 Å². The summed E-state index contributed by atoms with van der Waals surface area (Å²) in [6, 6.07) is 5.54. The van der Waals surface area contributed by atoms with Crippen molar-refractivity contribution in [2.45, 2.75) is 33.7 Å². The number of ether oxygens (including phenoxy) is 1. The lowest BCUT2D eigenvalue weighted by atomic mass is 10.1. The number of amidine groups is 1. The van der Waals surface area contributed by atoms with Gasteiger partial charge in [0.25, 0.3) is 11.9 Å². The molecule has 0 radical (unpaired) electrons. The fourth-order valence-corrected chi connectivity index (χ4v) is 1.35. The van der Waals surface area contributed by atoms with Crippen molar-refractivity contribution in [2.24, 2.45) is 10.9 Å². The van der Waals surface area contributed by atoms with Gasteiger partial charge in [0.1, 0.15) is 5.82 Å². The first-order valence-corrected chi connectivity index (χ1v) is 6.71. The van der Waals surface area contributed by atoms with Gasteiger partial charge in [0, 0.05) is 5.56 Å². The van der Waals surface area contributed by atoms with E-state index in [1.165, 1.54) is 24.3 Å². The fourth-order valence-electron chi connectivity index (χ4n) is 1.35. The summed E-state index contributed by atoms with van der Waals surface area (Å²) in [6.45, 7) is 8.26. The average Bonchev–Trinajstić information content (AvgIpc) is 2.39. The average molecular weight is 280 g/mol. The molecule has 0 aliphatic heterocycles. The summed E-state index contributed by atoms with van der Waals surface area (Å²) < 4.78 is 18.1. The second-order valence-corrected chi connectivity index (χ2v) is 4.81. The maximum atomic E-state index is 12.8. The van der Waals surface area contributed by atoms with E-state index in [-0.39, 0.29) is 23.8 Å². The van der Waals surface area contributed by atoms with Crippen LogP contribution < -0.4 is 5.32 Å². The maximum Gasteiger partial charge on any atom is 0.291 e. The SMILES string of the molecule is CCOC(=N[C@H](C)C(C)C)NC(=O)c1ccc(F)cc1. The lowest BCUT2D eigenvalue weighted by Crippen LogP contribution is -2.34. The molecular weight excluding hydrogens is 259 g/mol. The predicted molar refractivity (Wildman–Crippen MR) is 77.2 cm³/mol. The molecule has 0 spiro atoms. The van der Waals surface area contributed by atoms with Gasteiger partial charge in [0.15, 0.2) is 0 Å². The highest BCUT2D eigenvalue weighted by Gasteiger charge is 2.12. The molecule has 1 aromatic carbocycles. The number of amides is 1. The molecule has 0 fully saturated rings. The van der Waals surface area contributed by atoms with Gasteiger partial charge in [-0.2, -0.15) is 0 Å². The number of carbonyl (C=O) groups excluding carboxylic acids is 1. The van der Waals surface area contributed by atoms with Crippen LogP contribution in [0.2, 0.25) is 0 Å². The van der Waals surface area contributed by atoms with Crippen LogP contribution in [-0.4, -0.2) is 24.6 Å². The molecule has 5 heteroatoms. The summed E-state index contributed by atoms with van der Waals surface area (Å²) in [7, 11) is 0. The van der Waals surface area contributed by atoms with Gasteiger partial charge in [-0.05, 0) is 44.0 Å². The summed E-state index contributed by atoms with van der Waals surface area (Å²) in [5, 5.41) is 2.61. The Balaban J connectivity index is 2.79. The Kier molecular flexibility index (Phi) is 6.15. The van der Waals surface area contributed by atoms with E-state index in [9.17, 15) is 9.18 Å². The van der Waals surface area contributed by atoms with Gasteiger partial charge in [-0.25, -0.2) is 9.38 Å². The largest absolute Gasteiger partial charge is 0.465 e. The molecule has 0 aromatic heterocycles. The molecule has 0 aliphatic carbocycles. The van der Waals surface area contributed by atoms with E-state index >= 15 is 0 Å². The third kappa shape index (κ3) is 4.99. The van der Waals surface area contributed by atoms with Gasteiger partial charge in [-0.15, -0.1) is 0 Å². The highest BCUT2D eigenvalue weighted by Crippen LogP contribution is 2.06. The Morgan fingerprint density at radius 1 is 1.30 bits per heavy atom. The molecular formula is C15H21FN2O2. The molecule has 1 amide bonds. The monoisotopic (exact) mass is 280 g/mol. The fraction of sp³-hybridized carbons (Fsp3) is 0.467. The van der Waals surface area contributed by atoms with Gasteiger partial charge in [-0.3, -0.25) is 10.1 Å². The second kappa shape index (κ2) is 7.62. The van der Waals surface area contributed by atoms with Gasteiger partial charge in [0.05, 0.1) is 12.6 Å². The van der Waals surface area contributed by atoms with Crippen LogP contribution in [-0.2, 0) is 4.74 Å². The van der Waals surface area contributed by atoms with Crippen molar-refractivity contribution in [2.75, 3.05) is 6.61 Å². The van der Waals surface area contributed by atoms with Gasteiger partial charge in [0.2, 0.25) is 0 Å². The smallest absolute Gasteiger partial charge is 0.291 e. The zero-order valence-electron chi connectivity index (χ0n) is 12.3. The van der Waals surface area contributed by atoms with Crippen LogP contribution in [0.25, 0.3) is 0 Å². The van der Waals surface area contributed by atoms with E-state index in [1.807, 2.05) is 27.7 Å². The van der Waals surface area contributed by atoms with E-state index in [2.05, 4.69) is 10.3 Å². The number of hydrogen-bond donors (Lipinski definition) is 1. The normalized spacial score (nSPS) is 13.2. The summed E-state index contributed by atoms with van der Waals surface area (Å²) in [4.78, 5) is 16.3. The maximum absolute atomic E-state index is 12.8. The van der Waals surface area contributed by atoms with Crippen molar-refractivity contribution in [3.8, 4) is 0 Å². The summed E-state index contributed by atoms with van der Waals surface area (Å²) in [5.41, 5.74) is 0.357. The van der Waals surface area contributed by atoms with E-state index in [0.717, 1.165) is 0 Å². The molecule has 0 saturated heterocycles. The molecule has 0 saturated carbocycles. The molecule has 20 heavy (non-hydrogen) atoms. The van der Waals surface area contributed by atoms with E-state index in [4.69, 9.17) is 4.74 Å². The molecule has 110 valence electrons. The van der Waals surface area contributed by atoms with Gasteiger partial charge >= 0.3 is 0 Å². The zero-order chi connectivity index (χ0) is 15.1. The van der Waals surface area contributed by atoms with E-state index in [0.29, 0.717) is 18.1 Å². The third-order valence-corrected chi connectivity index (χ3v) is 2.89. The van der Waals surface area contributed by atoms with Crippen molar-refractivity contribution in [3.63, 3.8) is 0 Å². The summed E-state index contributed by atoms with van der Waals surface area (Å²) in [6.07, 6.45) is 0. The molecule has 1 aromatic rings. The molecule has 1 rings (SSSR count). The van der Waals surface area contributed by atoms with Crippen LogP contribution >= 0.6 is 0 Å². The Morgan fingerprint density at radius 2 is 1.90 bits per heavy atom. The first-order chi connectivity index (χ1) is 9.43. The van der Waals surface area contributed by atoms with Crippen LogP contribution in [0.4, 0.5) is 4.39 Å². The van der Waals surface area contributed by atoms with Gasteiger partial charge in [-0.1, -0.05) is 13.8 Å². The number of hydrogen-bond acceptors (Lipinski definition) is 3. The van der Waals surface area contributed by atoms with Crippen molar-refractivity contribution in [3.05, 3.63) is 35.6 Å². The number of rotatable bonds is 4. The minimum atomic E-state index is -0.381. The second-order valence-electron chi connectivity index (χ2n) is 4.81. The molecule has 0 heterocycles. The Bertz CT molecular complexity index is 469. The molecule has 0 bridgehead atoms. The Labute approximate surface area is 119 Å². The zero-order valence-corrected chi connectivity index (χ0v) is 12.3. The topological polar surface area (TPSA) is 50.7 Å². The quantitative estimate of drug-likeness (QED) is 0.681. The van der Waals surface area contributed by atoms with Crippen LogP contribution in [0, 0.1) is 11.7 Å². The van der Waals surface area contributed by atoms with Gasteiger partial charge < -0.3 is 4.74 Å². The highest BCUT2D eigenvalue weighted by atomic mass is 19.1. The minimum Gasteiger partial charge on any atom is -0.465 e. The van der Waals surface area contributed by atoms with Crippen molar-refractivity contribution < 1.29 is 13.9 Å². The van der Waals surface area contributed by atoms with Crippen molar-refractivity contribution in [1.29, 1.82) is 0 Å². The van der Waals surface area contributed by atoms with Crippen molar-refractivity contribution >= 4 is 11.9 Å². The lowest BCUT2D eigenvalue weighted by molar-refractivity contribution is 0.0966. The van der Waals surface area contributed by atoms with Crippen LogP contribution in [0.15, 0.2) is 29.3 Å². The van der Waals surface area contributed by atoms with Crippen molar-refractivity contribution in [1.82, 2.24) is 5.32 Å². The molecule has 1 N–H and O–H groups in total. The summed E-state index contributed by atoms with van der Waals surface area (Å²) in [5.74, 6) is -0.407. The third-order valence-electron chi connectivity index (χ3n) is 2.89. The van der Waals surface area contributed by atoms with Crippen LogP contribution in [0.3, 0.4) is 0 Å². The number of nitrogens with one attached hydrogen (secondary N) is 1.